The van der Waals surface area contributed by atoms with Gasteiger partial charge in [0.25, 0.3) is 0 Å². The Morgan fingerprint density at radius 1 is 1.29 bits per heavy atom. The number of benzene rings is 1. The van der Waals surface area contributed by atoms with Crippen molar-refractivity contribution in [1.29, 1.82) is 0 Å². The maximum atomic E-state index is 11.3. The monoisotopic (exact) mass is 275 g/mol. The van der Waals surface area contributed by atoms with Gasteiger partial charge in [0, 0.05) is 6.04 Å². The number of ether oxygens (including phenoxy) is 1. The number of nitrogens with one attached hydrogen (secondary N) is 1. The molecular formula is C12H15Cl2NO2. The van der Waals surface area contributed by atoms with E-state index in [0.717, 1.165) is 5.56 Å². The molecule has 2 atom stereocenters. The van der Waals surface area contributed by atoms with Crippen molar-refractivity contribution in [2.45, 2.75) is 25.9 Å². The Labute approximate surface area is 111 Å². The molecule has 0 spiro atoms. The first-order valence-electron chi connectivity index (χ1n) is 5.24. The fourth-order valence-corrected chi connectivity index (χ4v) is 1.80. The predicted octanol–water partition coefficient (Wildman–Crippen LogP) is 3.21. The Balaban J connectivity index is 2.72. The molecule has 0 amide bonds. The standard InChI is InChI=1S/C12H15Cl2NO2/c1-7(15-8(2)12(16)17-3)9-4-5-10(13)11(14)6-9/h4-8,15H,1-3H3/t7?,8-/m0/s1. The van der Waals surface area contributed by atoms with Crippen LogP contribution in [0.1, 0.15) is 25.5 Å². The highest BCUT2D eigenvalue weighted by atomic mass is 35.5. The van der Waals surface area contributed by atoms with Crippen molar-refractivity contribution in [3.8, 4) is 0 Å². The number of carbonyl (C=O) groups is 1. The second kappa shape index (κ2) is 6.24. The molecule has 1 unspecified atom stereocenters. The summed E-state index contributed by atoms with van der Waals surface area (Å²) in [5, 5.41) is 4.14. The molecule has 0 fully saturated rings. The first-order valence-corrected chi connectivity index (χ1v) is 6.00. The van der Waals surface area contributed by atoms with Gasteiger partial charge in [0.1, 0.15) is 6.04 Å². The third kappa shape index (κ3) is 3.87. The summed E-state index contributed by atoms with van der Waals surface area (Å²) < 4.78 is 4.64. The van der Waals surface area contributed by atoms with Gasteiger partial charge in [0.2, 0.25) is 0 Å². The molecular weight excluding hydrogens is 261 g/mol. The molecule has 17 heavy (non-hydrogen) atoms. The molecule has 1 aromatic carbocycles. The minimum absolute atomic E-state index is 0.0149. The highest BCUT2D eigenvalue weighted by molar-refractivity contribution is 6.42. The van der Waals surface area contributed by atoms with Crippen molar-refractivity contribution in [1.82, 2.24) is 5.32 Å². The fraction of sp³-hybridized carbons (Fsp3) is 0.417. The maximum absolute atomic E-state index is 11.3. The maximum Gasteiger partial charge on any atom is 0.322 e. The van der Waals surface area contributed by atoms with Crippen LogP contribution in [0.15, 0.2) is 18.2 Å². The summed E-state index contributed by atoms with van der Waals surface area (Å²) in [6.45, 7) is 3.69. The first-order chi connectivity index (χ1) is 7.95. The number of methoxy groups -OCH3 is 1. The van der Waals surface area contributed by atoms with Crippen molar-refractivity contribution >= 4 is 29.2 Å². The van der Waals surface area contributed by atoms with Crippen molar-refractivity contribution in [3.05, 3.63) is 33.8 Å². The molecule has 1 N–H and O–H groups in total. The molecule has 0 aliphatic carbocycles. The van der Waals surface area contributed by atoms with E-state index in [1.165, 1.54) is 7.11 Å². The molecule has 0 heterocycles. The van der Waals surface area contributed by atoms with Crippen molar-refractivity contribution in [3.63, 3.8) is 0 Å². The quantitative estimate of drug-likeness (QED) is 0.858. The molecule has 0 saturated carbocycles. The lowest BCUT2D eigenvalue weighted by atomic mass is 10.1. The van der Waals surface area contributed by atoms with Crippen LogP contribution in [-0.2, 0) is 9.53 Å². The normalized spacial score (nSPS) is 14.2. The van der Waals surface area contributed by atoms with Crippen LogP contribution in [0.25, 0.3) is 0 Å². The van der Waals surface area contributed by atoms with E-state index in [2.05, 4.69) is 10.1 Å². The summed E-state index contributed by atoms with van der Waals surface area (Å²) in [5.74, 6) is -0.295. The Morgan fingerprint density at radius 2 is 1.94 bits per heavy atom. The average Bonchev–Trinajstić information content (AvgIpc) is 2.31. The minimum atomic E-state index is -0.371. The SMILES string of the molecule is COC(=O)[C@H](C)NC(C)c1ccc(Cl)c(Cl)c1. The molecule has 3 nitrogen and oxygen atoms in total. The van der Waals surface area contributed by atoms with Crippen LogP contribution in [-0.4, -0.2) is 19.1 Å². The second-order valence-electron chi connectivity index (χ2n) is 3.81. The molecule has 0 aromatic heterocycles. The highest BCUT2D eigenvalue weighted by Gasteiger charge is 2.16. The molecule has 0 bridgehead atoms. The van der Waals surface area contributed by atoms with Crippen LogP contribution in [0.5, 0.6) is 0 Å². The van der Waals surface area contributed by atoms with Crippen molar-refractivity contribution < 1.29 is 9.53 Å². The van der Waals surface area contributed by atoms with Gasteiger partial charge in [0.15, 0.2) is 0 Å². The number of carbonyl (C=O) groups excluding carboxylic acids is 1. The topological polar surface area (TPSA) is 38.3 Å². The number of esters is 1. The zero-order chi connectivity index (χ0) is 13.0. The van der Waals surface area contributed by atoms with Gasteiger partial charge in [-0.05, 0) is 31.5 Å². The minimum Gasteiger partial charge on any atom is -0.468 e. The summed E-state index contributed by atoms with van der Waals surface area (Å²) in [6.07, 6.45) is 0. The zero-order valence-corrected chi connectivity index (χ0v) is 11.5. The van der Waals surface area contributed by atoms with Crippen molar-refractivity contribution in [2.75, 3.05) is 7.11 Å². The zero-order valence-electron chi connectivity index (χ0n) is 9.96. The smallest absolute Gasteiger partial charge is 0.322 e. The van der Waals surface area contributed by atoms with Gasteiger partial charge in [-0.25, -0.2) is 0 Å². The second-order valence-corrected chi connectivity index (χ2v) is 4.62. The Bertz CT molecular complexity index is 409. The van der Waals surface area contributed by atoms with Crippen LogP contribution in [0, 0.1) is 0 Å². The summed E-state index contributed by atoms with van der Waals surface area (Å²) in [4.78, 5) is 11.3. The third-order valence-corrected chi connectivity index (χ3v) is 3.24. The van der Waals surface area contributed by atoms with Gasteiger partial charge < -0.3 is 4.74 Å². The number of hydrogen-bond donors (Lipinski definition) is 1. The Morgan fingerprint density at radius 3 is 2.47 bits per heavy atom. The van der Waals surface area contributed by atoms with Gasteiger partial charge in [-0.3, -0.25) is 10.1 Å². The Kier molecular flexibility index (Phi) is 5.25. The van der Waals surface area contributed by atoms with E-state index in [1.54, 1.807) is 19.1 Å². The molecule has 94 valence electrons. The van der Waals surface area contributed by atoms with Crippen LogP contribution in [0.3, 0.4) is 0 Å². The van der Waals surface area contributed by atoms with Gasteiger partial charge in [-0.15, -0.1) is 0 Å². The summed E-state index contributed by atoms with van der Waals surface area (Å²) in [6, 6.07) is 5.00. The van der Waals surface area contributed by atoms with Crippen LogP contribution in [0.4, 0.5) is 0 Å². The number of rotatable bonds is 4. The number of halogens is 2. The highest BCUT2D eigenvalue weighted by Crippen LogP contribution is 2.25. The van der Waals surface area contributed by atoms with E-state index < -0.39 is 0 Å². The van der Waals surface area contributed by atoms with Gasteiger partial charge >= 0.3 is 5.97 Å². The van der Waals surface area contributed by atoms with Crippen molar-refractivity contribution in [2.24, 2.45) is 0 Å². The third-order valence-electron chi connectivity index (χ3n) is 2.50. The van der Waals surface area contributed by atoms with Crippen LogP contribution < -0.4 is 5.32 Å². The molecule has 0 saturated heterocycles. The van der Waals surface area contributed by atoms with Crippen LogP contribution in [0.2, 0.25) is 10.0 Å². The predicted molar refractivity (Wildman–Crippen MR) is 69.5 cm³/mol. The number of hydrogen-bond acceptors (Lipinski definition) is 3. The fourth-order valence-electron chi connectivity index (χ4n) is 1.50. The molecule has 5 heteroatoms. The lowest BCUT2D eigenvalue weighted by Crippen LogP contribution is -2.36. The lowest BCUT2D eigenvalue weighted by Gasteiger charge is -2.19. The summed E-state index contributed by atoms with van der Waals surface area (Å²) in [5.41, 5.74) is 0.968. The molecule has 0 radical (unpaired) electrons. The van der Waals surface area contributed by atoms with Gasteiger partial charge in [0.05, 0.1) is 17.2 Å². The van der Waals surface area contributed by atoms with E-state index in [4.69, 9.17) is 23.2 Å². The van der Waals surface area contributed by atoms with E-state index in [9.17, 15) is 4.79 Å². The molecule has 0 aliphatic heterocycles. The van der Waals surface area contributed by atoms with E-state index in [0.29, 0.717) is 10.0 Å². The summed E-state index contributed by atoms with van der Waals surface area (Å²) in [7, 11) is 1.37. The molecule has 0 aliphatic rings. The average molecular weight is 276 g/mol. The van der Waals surface area contributed by atoms with E-state index in [1.807, 2.05) is 13.0 Å². The summed E-state index contributed by atoms with van der Waals surface area (Å²) >= 11 is 11.8. The molecule has 1 rings (SSSR count). The van der Waals surface area contributed by atoms with Gasteiger partial charge in [-0.2, -0.15) is 0 Å². The van der Waals surface area contributed by atoms with Gasteiger partial charge in [-0.1, -0.05) is 29.3 Å². The molecule has 1 aromatic rings. The lowest BCUT2D eigenvalue weighted by molar-refractivity contribution is -0.142. The van der Waals surface area contributed by atoms with Crippen LogP contribution >= 0.6 is 23.2 Å². The first kappa shape index (κ1) is 14.3. The Hall–Kier alpha value is -0.770. The largest absolute Gasteiger partial charge is 0.468 e. The van der Waals surface area contributed by atoms with E-state index in [-0.39, 0.29) is 18.1 Å². The van der Waals surface area contributed by atoms with E-state index >= 15 is 0 Å².